The predicted octanol–water partition coefficient (Wildman–Crippen LogP) is 4.15. The first-order chi connectivity index (χ1) is 12.6. The molecular weight excluding hydrogens is 329 g/mol. The van der Waals surface area contributed by atoms with E-state index in [9.17, 15) is 9.18 Å². The second kappa shape index (κ2) is 7.22. The van der Waals surface area contributed by atoms with E-state index in [1.54, 1.807) is 19.1 Å². The fraction of sp³-hybridized carbons (Fsp3) is 0.524. The fourth-order valence-electron chi connectivity index (χ4n) is 4.12. The molecule has 1 saturated heterocycles. The van der Waals surface area contributed by atoms with E-state index in [0.717, 1.165) is 37.7 Å². The highest BCUT2D eigenvalue weighted by molar-refractivity contribution is 5.94. The number of imidazole rings is 1. The van der Waals surface area contributed by atoms with E-state index in [2.05, 4.69) is 15.7 Å². The van der Waals surface area contributed by atoms with E-state index < -0.39 is 0 Å². The van der Waals surface area contributed by atoms with E-state index in [1.165, 1.54) is 25.3 Å². The zero-order valence-corrected chi connectivity index (χ0v) is 15.3. The van der Waals surface area contributed by atoms with Crippen LogP contribution in [0, 0.1) is 18.7 Å². The van der Waals surface area contributed by atoms with Crippen LogP contribution in [0.4, 0.5) is 4.39 Å². The van der Waals surface area contributed by atoms with Gasteiger partial charge >= 0.3 is 0 Å². The minimum atomic E-state index is -0.268. The van der Waals surface area contributed by atoms with Gasteiger partial charge in [0.15, 0.2) is 0 Å². The van der Waals surface area contributed by atoms with Crippen molar-refractivity contribution < 1.29 is 9.18 Å². The number of benzene rings is 1. The van der Waals surface area contributed by atoms with Crippen LogP contribution in [-0.4, -0.2) is 33.4 Å². The Morgan fingerprint density at radius 1 is 1.27 bits per heavy atom. The molecule has 1 atom stereocenters. The molecule has 1 aliphatic heterocycles. The third-order valence-electron chi connectivity index (χ3n) is 5.91. The summed E-state index contributed by atoms with van der Waals surface area (Å²) in [5.74, 6) is 1.91. The van der Waals surface area contributed by atoms with Gasteiger partial charge < -0.3 is 9.47 Å². The number of nitrogens with zero attached hydrogens (tertiary/aromatic N) is 3. The minimum absolute atomic E-state index is 0.00472. The van der Waals surface area contributed by atoms with Crippen molar-refractivity contribution in [3.8, 4) is 0 Å². The summed E-state index contributed by atoms with van der Waals surface area (Å²) in [6, 6.07) is 4.62. The largest absolute Gasteiger partial charge is 0.338 e. The number of carbonyl (C=O) groups is 1. The summed E-state index contributed by atoms with van der Waals surface area (Å²) >= 11 is 0. The highest BCUT2D eigenvalue weighted by Crippen LogP contribution is 2.31. The molecule has 138 valence electrons. The molecule has 0 spiro atoms. The Labute approximate surface area is 154 Å². The SMILES string of the molecule is Cc1cc(C(=O)N2CCCC(c3nccn3CC3CCC3)C2)ccc1F. The lowest BCUT2D eigenvalue weighted by Crippen LogP contribution is -2.40. The van der Waals surface area contributed by atoms with Gasteiger partial charge in [0.05, 0.1) is 0 Å². The first-order valence-corrected chi connectivity index (χ1v) is 9.68. The van der Waals surface area contributed by atoms with E-state index in [4.69, 9.17) is 0 Å². The molecule has 2 aliphatic rings. The Hall–Kier alpha value is -2.17. The number of piperidine rings is 1. The quantitative estimate of drug-likeness (QED) is 0.826. The molecule has 1 amide bonds. The monoisotopic (exact) mass is 355 g/mol. The van der Waals surface area contributed by atoms with Crippen molar-refractivity contribution in [1.29, 1.82) is 0 Å². The van der Waals surface area contributed by atoms with Crippen molar-refractivity contribution in [3.05, 3.63) is 53.4 Å². The first kappa shape index (κ1) is 17.3. The first-order valence-electron chi connectivity index (χ1n) is 9.68. The second-order valence-electron chi connectivity index (χ2n) is 7.79. The van der Waals surface area contributed by atoms with Gasteiger partial charge in [-0.1, -0.05) is 6.42 Å². The lowest BCUT2D eigenvalue weighted by molar-refractivity contribution is 0.0702. The van der Waals surface area contributed by atoms with Gasteiger partial charge in [0.1, 0.15) is 11.6 Å². The minimum Gasteiger partial charge on any atom is -0.338 e. The maximum Gasteiger partial charge on any atom is 0.253 e. The zero-order valence-electron chi connectivity index (χ0n) is 15.3. The number of aromatic nitrogens is 2. The maximum absolute atomic E-state index is 13.5. The number of likely N-dealkylation sites (tertiary alicyclic amines) is 1. The molecule has 1 aromatic carbocycles. The highest BCUT2D eigenvalue weighted by atomic mass is 19.1. The van der Waals surface area contributed by atoms with Crippen LogP contribution in [0.5, 0.6) is 0 Å². The summed E-state index contributed by atoms with van der Waals surface area (Å²) in [5, 5.41) is 0. The van der Waals surface area contributed by atoms with Crippen LogP contribution in [0.3, 0.4) is 0 Å². The van der Waals surface area contributed by atoms with E-state index in [1.807, 2.05) is 11.1 Å². The van der Waals surface area contributed by atoms with Crippen LogP contribution in [0.15, 0.2) is 30.6 Å². The van der Waals surface area contributed by atoms with Gasteiger partial charge in [0.2, 0.25) is 0 Å². The molecule has 1 saturated carbocycles. The number of rotatable bonds is 4. The van der Waals surface area contributed by atoms with Gasteiger partial charge in [-0.25, -0.2) is 9.37 Å². The molecule has 1 aliphatic carbocycles. The molecular formula is C21H26FN3O. The van der Waals surface area contributed by atoms with E-state index in [-0.39, 0.29) is 17.6 Å². The fourth-order valence-corrected chi connectivity index (χ4v) is 4.12. The average Bonchev–Trinajstić information content (AvgIpc) is 3.08. The summed E-state index contributed by atoms with van der Waals surface area (Å²) in [6.07, 6.45) is 9.99. The highest BCUT2D eigenvalue weighted by Gasteiger charge is 2.29. The Bertz CT molecular complexity index is 796. The van der Waals surface area contributed by atoms with Crippen molar-refractivity contribution >= 4 is 5.91 Å². The molecule has 4 nitrogen and oxygen atoms in total. The average molecular weight is 355 g/mol. The van der Waals surface area contributed by atoms with Crippen molar-refractivity contribution in [2.75, 3.05) is 13.1 Å². The smallest absolute Gasteiger partial charge is 0.253 e. The molecule has 0 bridgehead atoms. The molecule has 26 heavy (non-hydrogen) atoms. The predicted molar refractivity (Wildman–Crippen MR) is 98.6 cm³/mol. The van der Waals surface area contributed by atoms with Gasteiger partial charge in [0.25, 0.3) is 5.91 Å². The lowest BCUT2D eigenvalue weighted by Gasteiger charge is -2.34. The van der Waals surface area contributed by atoms with E-state index >= 15 is 0 Å². The molecule has 4 rings (SSSR count). The molecule has 1 unspecified atom stereocenters. The molecule has 1 aromatic heterocycles. The van der Waals surface area contributed by atoms with Crippen molar-refractivity contribution in [2.24, 2.45) is 5.92 Å². The summed E-state index contributed by atoms with van der Waals surface area (Å²) in [4.78, 5) is 19.4. The van der Waals surface area contributed by atoms with Gasteiger partial charge in [-0.3, -0.25) is 4.79 Å². The number of hydrogen-bond acceptors (Lipinski definition) is 2. The van der Waals surface area contributed by atoms with Gasteiger partial charge in [-0.05, 0) is 62.3 Å². The number of hydrogen-bond donors (Lipinski definition) is 0. The van der Waals surface area contributed by atoms with Crippen LogP contribution in [0.2, 0.25) is 0 Å². The molecule has 0 N–H and O–H groups in total. The summed E-state index contributed by atoms with van der Waals surface area (Å²) < 4.78 is 15.8. The number of aryl methyl sites for hydroxylation is 1. The third kappa shape index (κ3) is 3.39. The second-order valence-corrected chi connectivity index (χ2v) is 7.79. The van der Waals surface area contributed by atoms with Crippen molar-refractivity contribution in [2.45, 2.75) is 51.5 Å². The Morgan fingerprint density at radius 2 is 2.12 bits per heavy atom. The molecule has 2 heterocycles. The molecule has 0 radical (unpaired) electrons. The lowest BCUT2D eigenvalue weighted by atomic mass is 9.85. The normalized spacial score (nSPS) is 20.8. The standard InChI is InChI=1S/C21H26FN3O/c1-15-12-17(7-8-19(15)22)21(26)25-10-3-6-18(14-25)20-23-9-11-24(20)13-16-4-2-5-16/h7-9,11-12,16,18H,2-6,10,13-14H2,1H3. The zero-order chi connectivity index (χ0) is 18.1. The van der Waals surface area contributed by atoms with Crippen LogP contribution in [0.25, 0.3) is 0 Å². The van der Waals surface area contributed by atoms with E-state index in [0.29, 0.717) is 17.7 Å². The maximum atomic E-state index is 13.5. The third-order valence-corrected chi connectivity index (χ3v) is 5.91. The number of amides is 1. The van der Waals surface area contributed by atoms with Crippen LogP contribution >= 0.6 is 0 Å². The van der Waals surface area contributed by atoms with Crippen LogP contribution in [0.1, 0.15) is 59.8 Å². The van der Waals surface area contributed by atoms with Gasteiger partial charge in [-0.15, -0.1) is 0 Å². The van der Waals surface area contributed by atoms with Crippen LogP contribution < -0.4 is 0 Å². The number of carbonyl (C=O) groups excluding carboxylic acids is 1. The summed E-state index contributed by atoms with van der Waals surface area (Å²) in [7, 11) is 0. The molecule has 2 fully saturated rings. The summed E-state index contributed by atoms with van der Waals surface area (Å²) in [5.41, 5.74) is 1.09. The molecule has 2 aromatic rings. The Morgan fingerprint density at radius 3 is 2.85 bits per heavy atom. The topological polar surface area (TPSA) is 38.1 Å². The van der Waals surface area contributed by atoms with Gasteiger partial charge in [-0.2, -0.15) is 0 Å². The molecule has 5 heteroatoms. The Kier molecular flexibility index (Phi) is 4.79. The summed E-state index contributed by atoms with van der Waals surface area (Å²) in [6.45, 7) is 4.20. The Balaban J connectivity index is 1.48. The van der Waals surface area contributed by atoms with Crippen LogP contribution in [-0.2, 0) is 6.54 Å². The van der Waals surface area contributed by atoms with Crippen molar-refractivity contribution in [1.82, 2.24) is 14.5 Å². The number of halogens is 1. The van der Waals surface area contributed by atoms with Gasteiger partial charge in [0, 0.05) is 43.5 Å². The van der Waals surface area contributed by atoms with Crippen molar-refractivity contribution in [3.63, 3.8) is 0 Å².